The Hall–Kier alpha value is -0.140. The summed E-state index contributed by atoms with van der Waals surface area (Å²) in [5.74, 6) is -0.572. The van der Waals surface area contributed by atoms with E-state index in [1.807, 2.05) is 0 Å². The van der Waals surface area contributed by atoms with Crippen molar-refractivity contribution in [3.63, 3.8) is 0 Å². The SMILES string of the molecule is CS(=O)(=O)CCS(=O)(=O)N1CCCCC1. The maximum absolute atomic E-state index is 11.7. The van der Waals surface area contributed by atoms with Gasteiger partial charge in [-0.1, -0.05) is 6.42 Å². The number of nitrogens with zero attached hydrogens (tertiary/aromatic N) is 1. The summed E-state index contributed by atoms with van der Waals surface area (Å²) in [5, 5.41) is 0. The standard InChI is InChI=1S/C8H17NO4S2/c1-14(10,11)7-8-15(12,13)9-5-3-2-4-6-9/h2-8H2,1H3. The molecular formula is C8H17NO4S2. The third-order valence-corrected chi connectivity index (χ3v) is 5.50. The number of rotatable bonds is 4. The van der Waals surface area contributed by atoms with E-state index in [0.717, 1.165) is 25.5 Å². The molecule has 1 fully saturated rings. The molecule has 0 saturated carbocycles. The summed E-state index contributed by atoms with van der Waals surface area (Å²) in [7, 11) is -6.56. The first-order valence-electron chi connectivity index (χ1n) is 4.97. The molecular weight excluding hydrogens is 238 g/mol. The second-order valence-electron chi connectivity index (χ2n) is 3.91. The molecule has 0 unspecified atom stereocenters. The van der Waals surface area contributed by atoms with Crippen molar-refractivity contribution >= 4 is 19.9 Å². The van der Waals surface area contributed by atoms with Gasteiger partial charge in [-0.3, -0.25) is 0 Å². The van der Waals surface area contributed by atoms with Gasteiger partial charge in [0.25, 0.3) is 0 Å². The monoisotopic (exact) mass is 255 g/mol. The van der Waals surface area contributed by atoms with Crippen LogP contribution in [0.1, 0.15) is 19.3 Å². The van der Waals surface area contributed by atoms with Gasteiger partial charge in [-0.15, -0.1) is 0 Å². The minimum absolute atomic E-state index is 0.286. The maximum Gasteiger partial charge on any atom is 0.215 e. The van der Waals surface area contributed by atoms with Gasteiger partial charge in [0.05, 0.1) is 11.5 Å². The normalized spacial score (nSPS) is 20.3. The van der Waals surface area contributed by atoms with E-state index in [1.54, 1.807) is 0 Å². The zero-order valence-corrected chi connectivity index (χ0v) is 10.5. The van der Waals surface area contributed by atoms with Gasteiger partial charge in [0.1, 0.15) is 9.84 Å². The molecule has 0 N–H and O–H groups in total. The first-order valence-corrected chi connectivity index (χ1v) is 8.64. The Bertz CT molecular complexity index is 392. The first kappa shape index (κ1) is 12.9. The van der Waals surface area contributed by atoms with Gasteiger partial charge < -0.3 is 0 Å². The molecule has 0 aromatic rings. The highest BCUT2D eigenvalue weighted by atomic mass is 32.2. The molecule has 0 aliphatic carbocycles. The smallest absolute Gasteiger partial charge is 0.215 e. The van der Waals surface area contributed by atoms with Crippen LogP contribution in [-0.4, -0.2) is 52.0 Å². The lowest BCUT2D eigenvalue weighted by Gasteiger charge is -2.25. The maximum atomic E-state index is 11.7. The molecule has 0 aromatic heterocycles. The Balaban J connectivity index is 2.58. The van der Waals surface area contributed by atoms with Gasteiger partial charge in [-0.25, -0.2) is 21.1 Å². The number of hydrogen-bond donors (Lipinski definition) is 0. The van der Waals surface area contributed by atoms with Crippen LogP contribution in [0.2, 0.25) is 0 Å². The van der Waals surface area contributed by atoms with Gasteiger partial charge in [-0.05, 0) is 12.8 Å². The minimum Gasteiger partial charge on any atom is -0.229 e. The largest absolute Gasteiger partial charge is 0.229 e. The van der Waals surface area contributed by atoms with Gasteiger partial charge in [0.15, 0.2) is 0 Å². The van der Waals surface area contributed by atoms with Gasteiger partial charge in [-0.2, -0.15) is 0 Å². The van der Waals surface area contributed by atoms with E-state index in [1.165, 1.54) is 4.31 Å². The number of hydrogen-bond acceptors (Lipinski definition) is 4. The van der Waals surface area contributed by atoms with Gasteiger partial charge in [0, 0.05) is 19.3 Å². The predicted molar refractivity (Wildman–Crippen MR) is 58.9 cm³/mol. The Morgan fingerprint density at radius 3 is 1.93 bits per heavy atom. The van der Waals surface area contributed by atoms with E-state index >= 15 is 0 Å². The average Bonchev–Trinajstić information content (AvgIpc) is 2.16. The molecule has 0 bridgehead atoms. The van der Waals surface area contributed by atoms with E-state index in [4.69, 9.17) is 0 Å². The van der Waals surface area contributed by atoms with Crippen molar-refractivity contribution in [2.45, 2.75) is 19.3 Å². The fourth-order valence-electron chi connectivity index (χ4n) is 1.53. The van der Waals surface area contributed by atoms with E-state index in [-0.39, 0.29) is 11.5 Å². The molecule has 1 rings (SSSR count). The molecule has 0 amide bonds. The zero-order chi connectivity index (χ0) is 11.5. The lowest BCUT2D eigenvalue weighted by molar-refractivity contribution is 0.347. The van der Waals surface area contributed by atoms with Crippen molar-refractivity contribution in [1.82, 2.24) is 4.31 Å². The number of sulfonamides is 1. The molecule has 5 nitrogen and oxygen atoms in total. The van der Waals surface area contributed by atoms with Crippen molar-refractivity contribution in [3.8, 4) is 0 Å². The third kappa shape index (κ3) is 4.48. The Kier molecular flexibility index (Phi) is 4.13. The zero-order valence-electron chi connectivity index (χ0n) is 8.85. The second-order valence-corrected chi connectivity index (χ2v) is 8.25. The molecule has 0 atom stereocenters. The summed E-state index contributed by atoms with van der Waals surface area (Å²) in [6.45, 7) is 1.07. The van der Waals surface area contributed by atoms with E-state index in [9.17, 15) is 16.8 Å². The fourth-order valence-corrected chi connectivity index (χ4v) is 4.66. The Morgan fingerprint density at radius 2 is 1.47 bits per heavy atom. The predicted octanol–water partition coefficient (Wildman–Crippen LogP) is -0.153. The van der Waals surface area contributed by atoms with E-state index < -0.39 is 19.9 Å². The molecule has 1 aliphatic heterocycles. The highest BCUT2D eigenvalue weighted by Gasteiger charge is 2.24. The molecule has 0 radical (unpaired) electrons. The van der Waals surface area contributed by atoms with Crippen LogP contribution in [0.15, 0.2) is 0 Å². The highest BCUT2D eigenvalue weighted by Crippen LogP contribution is 2.13. The van der Waals surface area contributed by atoms with Crippen molar-refractivity contribution in [3.05, 3.63) is 0 Å². The van der Waals surface area contributed by atoms with Crippen LogP contribution in [0, 0.1) is 0 Å². The molecule has 0 aromatic carbocycles. The van der Waals surface area contributed by atoms with E-state index in [2.05, 4.69) is 0 Å². The van der Waals surface area contributed by atoms with Gasteiger partial charge >= 0.3 is 0 Å². The number of piperidine rings is 1. The van der Waals surface area contributed by atoms with Crippen LogP contribution in [0.25, 0.3) is 0 Å². The topological polar surface area (TPSA) is 71.5 Å². The first-order chi connectivity index (χ1) is 6.81. The lowest BCUT2D eigenvalue weighted by atomic mass is 10.2. The Labute approximate surface area is 91.4 Å². The van der Waals surface area contributed by atoms with Crippen molar-refractivity contribution in [1.29, 1.82) is 0 Å². The molecule has 1 aliphatic rings. The lowest BCUT2D eigenvalue weighted by Crippen LogP contribution is -2.38. The van der Waals surface area contributed by atoms with E-state index in [0.29, 0.717) is 13.1 Å². The quantitative estimate of drug-likeness (QED) is 0.700. The van der Waals surface area contributed by atoms with Crippen molar-refractivity contribution in [2.75, 3.05) is 30.9 Å². The van der Waals surface area contributed by atoms with Crippen LogP contribution in [0.3, 0.4) is 0 Å². The fraction of sp³-hybridized carbons (Fsp3) is 1.00. The summed E-state index contributed by atoms with van der Waals surface area (Å²) in [5.41, 5.74) is 0. The molecule has 7 heteroatoms. The van der Waals surface area contributed by atoms with Crippen LogP contribution < -0.4 is 0 Å². The molecule has 0 spiro atoms. The highest BCUT2D eigenvalue weighted by molar-refractivity contribution is 7.93. The average molecular weight is 255 g/mol. The third-order valence-electron chi connectivity index (χ3n) is 2.42. The van der Waals surface area contributed by atoms with Crippen LogP contribution in [-0.2, 0) is 19.9 Å². The van der Waals surface area contributed by atoms with Crippen molar-refractivity contribution in [2.24, 2.45) is 0 Å². The molecule has 1 heterocycles. The van der Waals surface area contributed by atoms with Crippen LogP contribution >= 0.6 is 0 Å². The van der Waals surface area contributed by atoms with Crippen molar-refractivity contribution < 1.29 is 16.8 Å². The summed E-state index contributed by atoms with van der Waals surface area (Å²) >= 11 is 0. The minimum atomic E-state index is -3.36. The van der Waals surface area contributed by atoms with Crippen LogP contribution in [0.4, 0.5) is 0 Å². The van der Waals surface area contributed by atoms with Gasteiger partial charge in [0.2, 0.25) is 10.0 Å². The molecule has 15 heavy (non-hydrogen) atoms. The summed E-state index contributed by atoms with van der Waals surface area (Å²) < 4.78 is 46.5. The Morgan fingerprint density at radius 1 is 0.933 bits per heavy atom. The van der Waals surface area contributed by atoms with Crippen LogP contribution in [0.5, 0.6) is 0 Å². The molecule has 90 valence electrons. The number of sulfone groups is 1. The summed E-state index contributed by atoms with van der Waals surface area (Å²) in [6.07, 6.45) is 3.85. The molecule has 1 saturated heterocycles. The second kappa shape index (κ2) is 4.80. The summed E-state index contributed by atoms with van der Waals surface area (Å²) in [4.78, 5) is 0. The summed E-state index contributed by atoms with van der Waals surface area (Å²) in [6, 6.07) is 0.